The summed E-state index contributed by atoms with van der Waals surface area (Å²) in [6.07, 6.45) is -1.84. The lowest BCUT2D eigenvalue weighted by molar-refractivity contribution is -0.176. The summed E-state index contributed by atoms with van der Waals surface area (Å²) < 4.78 is 38.7. The summed E-state index contributed by atoms with van der Waals surface area (Å²) in [6, 6.07) is 0. The van der Waals surface area contributed by atoms with E-state index in [4.69, 9.17) is 0 Å². The van der Waals surface area contributed by atoms with Crippen molar-refractivity contribution in [2.24, 2.45) is 11.8 Å². The van der Waals surface area contributed by atoms with Crippen molar-refractivity contribution in [2.45, 2.75) is 25.9 Å². The fourth-order valence-electron chi connectivity index (χ4n) is 3.22. The molecule has 0 aliphatic carbocycles. The highest BCUT2D eigenvalue weighted by atomic mass is 19.4. The summed E-state index contributed by atoms with van der Waals surface area (Å²) in [5, 5.41) is 2.92. The second-order valence-corrected chi connectivity index (χ2v) is 6.08. The van der Waals surface area contributed by atoms with Crippen molar-refractivity contribution < 1.29 is 13.2 Å². The summed E-state index contributed by atoms with van der Waals surface area (Å²) >= 11 is 0. The van der Waals surface area contributed by atoms with Crippen LogP contribution in [-0.4, -0.2) is 68.3 Å². The van der Waals surface area contributed by atoms with Gasteiger partial charge >= 0.3 is 6.18 Å². The molecule has 2 rings (SSSR count). The highest BCUT2D eigenvalue weighted by Crippen LogP contribution is 2.28. The van der Waals surface area contributed by atoms with Crippen LogP contribution in [0.3, 0.4) is 0 Å². The van der Waals surface area contributed by atoms with Gasteiger partial charge < -0.3 is 15.1 Å². The lowest BCUT2D eigenvalue weighted by Crippen LogP contribution is -2.42. The van der Waals surface area contributed by atoms with Gasteiger partial charge in [0.2, 0.25) is 0 Å². The van der Waals surface area contributed by atoms with Crippen molar-refractivity contribution in [1.29, 1.82) is 0 Å². The number of halogens is 3. The van der Waals surface area contributed by atoms with Crippen LogP contribution < -0.4 is 5.32 Å². The molecule has 6 heteroatoms. The number of hydrogen-bond acceptors (Lipinski definition) is 3. The van der Waals surface area contributed by atoms with Crippen molar-refractivity contribution in [3.63, 3.8) is 0 Å². The molecule has 0 radical (unpaired) electrons. The molecule has 118 valence electrons. The van der Waals surface area contributed by atoms with E-state index in [1.54, 1.807) is 0 Å². The number of nitrogens with one attached hydrogen (secondary N) is 1. The monoisotopic (exact) mass is 293 g/mol. The van der Waals surface area contributed by atoms with Crippen LogP contribution in [0, 0.1) is 11.8 Å². The van der Waals surface area contributed by atoms with Gasteiger partial charge in [-0.25, -0.2) is 0 Å². The van der Waals surface area contributed by atoms with Crippen molar-refractivity contribution in [1.82, 2.24) is 15.1 Å². The number of hydrogen-bond donors (Lipinski definition) is 1. The molecule has 0 aromatic heterocycles. The third kappa shape index (κ3) is 4.60. The fourth-order valence-corrected chi connectivity index (χ4v) is 3.22. The summed E-state index contributed by atoms with van der Waals surface area (Å²) in [4.78, 5) is 4.43. The second-order valence-electron chi connectivity index (χ2n) is 6.08. The average molecular weight is 293 g/mol. The van der Waals surface area contributed by atoms with Crippen LogP contribution >= 0.6 is 0 Å². The van der Waals surface area contributed by atoms with Gasteiger partial charge in [0, 0.05) is 32.7 Å². The Hall–Kier alpha value is -0.330. The van der Waals surface area contributed by atoms with Crippen molar-refractivity contribution in [3.8, 4) is 0 Å². The second kappa shape index (κ2) is 7.09. The van der Waals surface area contributed by atoms with Gasteiger partial charge in [0.05, 0.1) is 5.92 Å². The minimum Gasteiger partial charge on any atom is -0.315 e. The summed E-state index contributed by atoms with van der Waals surface area (Å²) in [5.74, 6) is -0.662. The van der Waals surface area contributed by atoms with Gasteiger partial charge in [-0.2, -0.15) is 13.2 Å². The average Bonchev–Trinajstić information content (AvgIpc) is 2.65. The molecule has 2 aliphatic rings. The first kappa shape index (κ1) is 16.0. The van der Waals surface area contributed by atoms with E-state index in [2.05, 4.69) is 17.1 Å². The molecular formula is C14H26F3N3. The lowest BCUT2D eigenvalue weighted by atomic mass is 9.95. The van der Waals surface area contributed by atoms with E-state index in [0.717, 1.165) is 45.6 Å². The van der Waals surface area contributed by atoms with Gasteiger partial charge in [-0.05, 0) is 38.4 Å². The smallest absolute Gasteiger partial charge is 0.315 e. The molecule has 3 nitrogen and oxygen atoms in total. The molecule has 0 bridgehead atoms. The first-order valence-corrected chi connectivity index (χ1v) is 7.71. The topological polar surface area (TPSA) is 18.5 Å². The standard InChI is InChI=1S/C14H26F3N3/c1-2-19-6-3-12(4-7-19)10-20-8-5-18-9-13(11-20)14(15,16)17/h12-13,18H,2-11H2,1H3. The molecule has 0 aromatic rings. The molecule has 2 heterocycles. The quantitative estimate of drug-likeness (QED) is 0.856. The zero-order valence-electron chi connectivity index (χ0n) is 12.3. The molecule has 20 heavy (non-hydrogen) atoms. The molecule has 1 unspecified atom stereocenters. The number of piperidine rings is 1. The Balaban J connectivity index is 1.82. The highest BCUT2D eigenvalue weighted by Gasteiger charge is 2.41. The number of rotatable bonds is 3. The van der Waals surface area contributed by atoms with Crippen molar-refractivity contribution in [3.05, 3.63) is 0 Å². The summed E-state index contributed by atoms with van der Waals surface area (Å²) in [6.45, 7) is 7.88. The first-order chi connectivity index (χ1) is 9.49. The molecule has 2 fully saturated rings. The van der Waals surface area contributed by atoms with Crippen LogP contribution in [0.25, 0.3) is 0 Å². The Labute approximate surface area is 119 Å². The third-order valence-corrected chi connectivity index (χ3v) is 4.61. The van der Waals surface area contributed by atoms with Crippen LogP contribution in [0.15, 0.2) is 0 Å². The van der Waals surface area contributed by atoms with Crippen LogP contribution in [0.4, 0.5) is 13.2 Å². The Morgan fingerprint density at radius 2 is 1.80 bits per heavy atom. The van der Waals surface area contributed by atoms with E-state index >= 15 is 0 Å². The molecule has 1 atom stereocenters. The molecule has 1 N–H and O–H groups in total. The maximum Gasteiger partial charge on any atom is 0.394 e. The number of alkyl halides is 3. The molecule has 0 spiro atoms. The minimum absolute atomic E-state index is 0.0638. The molecule has 0 aromatic carbocycles. The Kier molecular flexibility index (Phi) is 5.69. The zero-order chi connectivity index (χ0) is 14.6. The molecule has 2 saturated heterocycles. The fraction of sp³-hybridized carbons (Fsp3) is 1.00. The predicted octanol–water partition coefficient (Wildman–Crippen LogP) is 1.80. The van der Waals surface area contributed by atoms with Gasteiger partial charge in [-0.15, -0.1) is 0 Å². The Morgan fingerprint density at radius 1 is 1.10 bits per heavy atom. The van der Waals surface area contributed by atoms with E-state index in [9.17, 15) is 13.2 Å². The first-order valence-electron chi connectivity index (χ1n) is 7.71. The van der Waals surface area contributed by atoms with Crippen molar-refractivity contribution in [2.75, 3.05) is 52.4 Å². The van der Waals surface area contributed by atoms with E-state index in [1.165, 1.54) is 0 Å². The molecule has 0 saturated carbocycles. The van der Waals surface area contributed by atoms with Gasteiger partial charge in [-0.3, -0.25) is 0 Å². The SMILES string of the molecule is CCN1CCC(CN2CCNCC(C(F)(F)F)C2)CC1. The summed E-state index contributed by atoms with van der Waals surface area (Å²) in [5.41, 5.74) is 0. The van der Waals surface area contributed by atoms with E-state index in [0.29, 0.717) is 12.5 Å². The van der Waals surface area contributed by atoms with Gasteiger partial charge in [0.25, 0.3) is 0 Å². The van der Waals surface area contributed by atoms with E-state index in [-0.39, 0.29) is 13.1 Å². The van der Waals surface area contributed by atoms with Gasteiger partial charge in [0.1, 0.15) is 0 Å². The molecule has 0 amide bonds. The van der Waals surface area contributed by atoms with E-state index in [1.807, 2.05) is 4.90 Å². The highest BCUT2D eigenvalue weighted by molar-refractivity contribution is 4.81. The van der Waals surface area contributed by atoms with Gasteiger partial charge in [0.15, 0.2) is 0 Å². The maximum absolute atomic E-state index is 12.9. The minimum atomic E-state index is -4.08. The lowest BCUT2D eigenvalue weighted by Gasteiger charge is -2.34. The van der Waals surface area contributed by atoms with E-state index < -0.39 is 12.1 Å². The Morgan fingerprint density at radius 3 is 2.40 bits per heavy atom. The van der Waals surface area contributed by atoms with Crippen LogP contribution in [0.1, 0.15) is 19.8 Å². The molecular weight excluding hydrogens is 267 g/mol. The van der Waals surface area contributed by atoms with Crippen LogP contribution in [-0.2, 0) is 0 Å². The maximum atomic E-state index is 12.9. The van der Waals surface area contributed by atoms with Gasteiger partial charge in [-0.1, -0.05) is 6.92 Å². The molecule has 2 aliphatic heterocycles. The number of nitrogens with zero attached hydrogens (tertiary/aromatic N) is 2. The predicted molar refractivity (Wildman–Crippen MR) is 73.7 cm³/mol. The van der Waals surface area contributed by atoms with Crippen molar-refractivity contribution >= 4 is 0 Å². The Bertz CT molecular complexity index is 288. The zero-order valence-corrected chi connectivity index (χ0v) is 12.3. The third-order valence-electron chi connectivity index (χ3n) is 4.61. The van der Waals surface area contributed by atoms with Crippen LogP contribution in [0.2, 0.25) is 0 Å². The largest absolute Gasteiger partial charge is 0.394 e. The summed E-state index contributed by atoms with van der Waals surface area (Å²) in [7, 11) is 0. The normalized spacial score (nSPS) is 28.5. The number of likely N-dealkylation sites (tertiary alicyclic amines) is 1. The van der Waals surface area contributed by atoms with Crippen LogP contribution in [0.5, 0.6) is 0 Å².